The molecular formula is C24H27ClN2O6. The molecule has 2 aromatic carbocycles. The lowest BCUT2D eigenvalue weighted by Crippen LogP contribution is -2.55. The van der Waals surface area contributed by atoms with Crippen LogP contribution in [-0.4, -0.2) is 73.7 Å². The molecule has 2 aliphatic rings. The van der Waals surface area contributed by atoms with E-state index in [1.165, 1.54) is 7.11 Å². The van der Waals surface area contributed by atoms with Crippen molar-refractivity contribution in [2.24, 2.45) is 0 Å². The zero-order valence-electron chi connectivity index (χ0n) is 18.9. The van der Waals surface area contributed by atoms with Gasteiger partial charge in [-0.2, -0.15) is 0 Å². The molecule has 0 saturated carbocycles. The summed E-state index contributed by atoms with van der Waals surface area (Å²) in [7, 11) is 1.51. The Labute approximate surface area is 197 Å². The first-order valence-electron chi connectivity index (χ1n) is 10.9. The number of hydrogen-bond donors (Lipinski definition) is 0. The number of carbonyl (C=O) groups is 2. The van der Waals surface area contributed by atoms with Crippen molar-refractivity contribution in [3.63, 3.8) is 0 Å². The first-order valence-corrected chi connectivity index (χ1v) is 11.3. The van der Waals surface area contributed by atoms with Crippen LogP contribution >= 0.6 is 11.6 Å². The van der Waals surface area contributed by atoms with Crippen LogP contribution in [0.4, 0.5) is 0 Å². The van der Waals surface area contributed by atoms with Gasteiger partial charge in [-0.3, -0.25) is 9.59 Å². The lowest BCUT2D eigenvalue weighted by atomic mass is 10.1. The molecular weight excluding hydrogens is 448 g/mol. The fourth-order valence-corrected chi connectivity index (χ4v) is 4.11. The van der Waals surface area contributed by atoms with E-state index in [-0.39, 0.29) is 24.5 Å². The Morgan fingerprint density at radius 3 is 2.39 bits per heavy atom. The second kappa shape index (κ2) is 9.79. The number of halogens is 1. The number of amides is 2. The van der Waals surface area contributed by atoms with Gasteiger partial charge in [0.1, 0.15) is 6.61 Å². The van der Waals surface area contributed by atoms with E-state index in [2.05, 4.69) is 0 Å². The number of fused-ring (bicyclic) bond motifs is 1. The molecule has 0 N–H and O–H groups in total. The summed E-state index contributed by atoms with van der Waals surface area (Å²) in [4.78, 5) is 29.4. The summed E-state index contributed by atoms with van der Waals surface area (Å²) in [6, 6.07) is 10.5. The topological polar surface area (TPSA) is 77.5 Å². The van der Waals surface area contributed by atoms with Gasteiger partial charge in [0, 0.05) is 31.7 Å². The quantitative estimate of drug-likeness (QED) is 0.662. The van der Waals surface area contributed by atoms with Crippen LogP contribution < -0.4 is 18.9 Å². The molecule has 1 atom stereocenters. The number of rotatable bonds is 5. The van der Waals surface area contributed by atoms with E-state index < -0.39 is 6.10 Å². The van der Waals surface area contributed by atoms with Gasteiger partial charge in [0.25, 0.3) is 11.8 Å². The molecule has 0 spiro atoms. The number of para-hydroxylation sites is 2. The summed E-state index contributed by atoms with van der Waals surface area (Å²) >= 11 is 6.37. The van der Waals surface area contributed by atoms with Gasteiger partial charge in [-0.25, -0.2) is 0 Å². The van der Waals surface area contributed by atoms with Gasteiger partial charge in [-0.15, -0.1) is 0 Å². The van der Waals surface area contributed by atoms with Gasteiger partial charge in [0.15, 0.2) is 23.0 Å². The van der Waals surface area contributed by atoms with Crippen LogP contribution in [0.25, 0.3) is 0 Å². The average molecular weight is 475 g/mol. The Kier molecular flexibility index (Phi) is 6.83. The Morgan fingerprint density at radius 1 is 1.06 bits per heavy atom. The average Bonchev–Trinajstić information content (AvgIpc) is 2.83. The summed E-state index contributed by atoms with van der Waals surface area (Å²) < 4.78 is 22.6. The van der Waals surface area contributed by atoms with E-state index >= 15 is 0 Å². The van der Waals surface area contributed by atoms with E-state index in [1.54, 1.807) is 28.0 Å². The highest BCUT2D eigenvalue weighted by molar-refractivity contribution is 6.32. The maximum Gasteiger partial charge on any atom is 0.267 e. The molecule has 176 valence electrons. The van der Waals surface area contributed by atoms with Crippen LogP contribution in [0.3, 0.4) is 0 Å². The largest absolute Gasteiger partial charge is 0.493 e. The molecule has 0 unspecified atom stereocenters. The highest BCUT2D eigenvalue weighted by Gasteiger charge is 2.33. The minimum atomic E-state index is -0.696. The lowest BCUT2D eigenvalue weighted by Gasteiger charge is -2.37. The fourth-order valence-electron chi connectivity index (χ4n) is 3.85. The van der Waals surface area contributed by atoms with Gasteiger partial charge in [0.05, 0.1) is 18.2 Å². The summed E-state index contributed by atoms with van der Waals surface area (Å²) in [5, 5.41) is 0.315. The Morgan fingerprint density at radius 2 is 1.73 bits per heavy atom. The van der Waals surface area contributed by atoms with Crippen LogP contribution in [0.5, 0.6) is 23.0 Å². The SMILES string of the molecule is COc1cc(C(=O)N2CCN(C(=O)[C@@H]3COc4ccccc4O3)CC2)cc(Cl)c1OC(C)C. The predicted molar refractivity (Wildman–Crippen MR) is 123 cm³/mol. The molecule has 2 aliphatic heterocycles. The van der Waals surface area contributed by atoms with E-state index in [9.17, 15) is 9.59 Å². The van der Waals surface area contributed by atoms with Gasteiger partial charge in [0.2, 0.25) is 6.10 Å². The standard InChI is InChI=1S/C24H27ClN2O6/c1-15(2)32-22-17(25)12-16(13-20(22)30-3)23(28)26-8-10-27(11-9-26)24(29)21-14-31-18-6-4-5-7-19(18)33-21/h4-7,12-13,15,21H,8-11,14H2,1-3H3/t21-/m0/s1. The third-order valence-electron chi connectivity index (χ3n) is 5.49. The first kappa shape index (κ1) is 23.0. The van der Waals surface area contributed by atoms with Gasteiger partial charge < -0.3 is 28.7 Å². The van der Waals surface area contributed by atoms with E-state index in [0.717, 1.165) is 0 Å². The van der Waals surface area contributed by atoms with Crippen molar-refractivity contribution in [3.05, 3.63) is 47.0 Å². The number of piperazine rings is 1. The van der Waals surface area contributed by atoms with Gasteiger partial charge in [-0.05, 0) is 38.1 Å². The van der Waals surface area contributed by atoms with Crippen LogP contribution in [0.1, 0.15) is 24.2 Å². The van der Waals surface area contributed by atoms with E-state index in [1.807, 2.05) is 32.0 Å². The number of methoxy groups -OCH3 is 1. The van der Waals surface area contributed by atoms with Crippen molar-refractivity contribution < 1.29 is 28.5 Å². The first-order chi connectivity index (χ1) is 15.9. The van der Waals surface area contributed by atoms with Crippen molar-refractivity contribution in [1.82, 2.24) is 9.80 Å². The number of hydrogen-bond acceptors (Lipinski definition) is 6. The van der Waals surface area contributed by atoms with Crippen LogP contribution in [0.15, 0.2) is 36.4 Å². The van der Waals surface area contributed by atoms with E-state index in [0.29, 0.717) is 59.8 Å². The molecule has 8 nitrogen and oxygen atoms in total. The number of nitrogens with zero attached hydrogens (tertiary/aromatic N) is 2. The number of carbonyl (C=O) groups excluding carboxylic acids is 2. The molecule has 33 heavy (non-hydrogen) atoms. The molecule has 0 aromatic heterocycles. The third kappa shape index (κ3) is 4.95. The minimum Gasteiger partial charge on any atom is -0.493 e. The smallest absolute Gasteiger partial charge is 0.267 e. The zero-order chi connectivity index (χ0) is 23.5. The van der Waals surface area contributed by atoms with Crippen molar-refractivity contribution in [2.45, 2.75) is 26.1 Å². The monoisotopic (exact) mass is 474 g/mol. The summed E-state index contributed by atoms with van der Waals surface area (Å²) in [5.74, 6) is 1.70. The molecule has 0 radical (unpaired) electrons. The Hall–Kier alpha value is -3.13. The molecule has 2 aromatic rings. The number of ether oxygens (including phenoxy) is 4. The predicted octanol–water partition coefficient (Wildman–Crippen LogP) is 3.26. The third-order valence-corrected chi connectivity index (χ3v) is 5.77. The maximum absolute atomic E-state index is 13.1. The highest BCUT2D eigenvalue weighted by Crippen LogP contribution is 2.37. The van der Waals surface area contributed by atoms with Crippen molar-refractivity contribution in [1.29, 1.82) is 0 Å². The maximum atomic E-state index is 13.1. The number of benzene rings is 2. The second-order valence-corrected chi connectivity index (χ2v) is 8.54. The molecule has 1 saturated heterocycles. The summed E-state index contributed by atoms with van der Waals surface area (Å²) in [5.41, 5.74) is 0.411. The van der Waals surface area contributed by atoms with Gasteiger partial charge >= 0.3 is 0 Å². The summed E-state index contributed by atoms with van der Waals surface area (Å²) in [6.45, 7) is 5.56. The minimum absolute atomic E-state index is 0.0874. The molecule has 2 amide bonds. The molecule has 9 heteroatoms. The lowest BCUT2D eigenvalue weighted by molar-refractivity contribution is -0.142. The van der Waals surface area contributed by atoms with Crippen molar-refractivity contribution in [3.8, 4) is 23.0 Å². The molecule has 1 fully saturated rings. The molecule has 0 bridgehead atoms. The zero-order valence-corrected chi connectivity index (χ0v) is 19.6. The van der Waals surface area contributed by atoms with Crippen LogP contribution in [-0.2, 0) is 4.79 Å². The summed E-state index contributed by atoms with van der Waals surface area (Å²) in [6.07, 6.45) is -0.783. The molecule has 4 rings (SSSR count). The van der Waals surface area contributed by atoms with Crippen LogP contribution in [0.2, 0.25) is 5.02 Å². The van der Waals surface area contributed by atoms with Crippen LogP contribution in [0, 0.1) is 0 Å². The second-order valence-electron chi connectivity index (χ2n) is 8.14. The molecule has 0 aliphatic carbocycles. The fraction of sp³-hybridized carbons (Fsp3) is 0.417. The van der Waals surface area contributed by atoms with E-state index in [4.69, 9.17) is 30.5 Å². The normalized spacial score (nSPS) is 17.7. The van der Waals surface area contributed by atoms with Crippen molar-refractivity contribution in [2.75, 3.05) is 39.9 Å². The highest BCUT2D eigenvalue weighted by atomic mass is 35.5. The Balaban J connectivity index is 1.38. The Bertz CT molecular complexity index is 1040. The van der Waals surface area contributed by atoms with Crippen molar-refractivity contribution >= 4 is 23.4 Å². The molecule has 2 heterocycles. The van der Waals surface area contributed by atoms with Gasteiger partial charge in [-0.1, -0.05) is 23.7 Å².